The van der Waals surface area contributed by atoms with E-state index in [-0.39, 0.29) is 11.4 Å². The van der Waals surface area contributed by atoms with Crippen molar-refractivity contribution in [3.8, 4) is 0 Å². The molecule has 5 nitrogen and oxygen atoms in total. The summed E-state index contributed by atoms with van der Waals surface area (Å²) in [5.74, 6) is -0.860. The van der Waals surface area contributed by atoms with E-state index in [2.05, 4.69) is 9.99 Å². The van der Waals surface area contributed by atoms with E-state index in [0.717, 1.165) is 0 Å². The van der Waals surface area contributed by atoms with Crippen LogP contribution in [-0.2, 0) is 4.84 Å². The highest BCUT2D eigenvalue weighted by Crippen LogP contribution is 2.11. The normalized spacial score (nSPS) is 13.3. The predicted molar refractivity (Wildman–Crippen MR) is 60.2 cm³/mol. The number of benzene rings is 1. The number of nitrogens with two attached hydrogens (primary N) is 1. The van der Waals surface area contributed by atoms with Gasteiger partial charge in [0.1, 0.15) is 6.10 Å². The average Bonchev–Trinajstić information content (AvgIpc) is 2.25. The number of halogens is 1. The Balaban J connectivity index is 2.70. The van der Waals surface area contributed by atoms with Gasteiger partial charge in [0.25, 0.3) is 0 Å². The summed E-state index contributed by atoms with van der Waals surface area (Å²) in [6, 6.07) is 6.21. The van der Waals surface area contributed by atoms with Gasteiger partial charge in [0.05, 0.1) is 5.56 Å². The number of hydrogen-bond donors (Lipinski definition) is 2. The van der Waals surface area contributed by atoms with Crippen molar-refractivity contribution >= 4 is 23.4 Å². The van der Waals surface area contributed by atoms with E-state index in [1.54, 1.807) is 12.1 Å². The average molecular weight is 243 g/mol. The Morgan fingerprint density at radius 2 is 2.31 bits per heavy atom. The van der Waals surface area contributed by atoms with Gasteiger partial charge in [-0.3, -0.25) is 0 Å². The smallest absolute Gasteiger partial charge is 0.365 e. The van der Waals surface area contributed by atoms with Crippen molar-refractivity contribution < 1.29 is 14.7 Å². The zero-order valence-corrected chi connectivity index (χ0v) is 9.31. The van der Waals surface area contributed by atoms with Gasteiger partial charge in [-0.05, 0) is 25.1 Å². The summed E-state index contributed by atoms with van der Waals surface area (Å²) in [4.78, 5) is 15.9. The highest BCUT2D eigenvalue weighted by atomic mass is 35.5. The number of oxime groups is 1. The Morgan fingerprint density at radius 1 is 1.62 bits per heavy atom. The van der Waals surface area contributed by atoms with E-state index in [0.29, 0.717) is 5.02 Å². The Labute approximate surface area is 97.5 Å². The first-order chi connectivity index (χ1) is 7.50. The zero-order chi connectivity index (χ0) is 12.1. The minimum Gasteiger partial charge on any atom is -0.385 e. The van der Waals surface area contributed by atoms with Crippen LogP contribution in [-0.4, -0.2) is 23.0 Å². The summed E-state index contributed by atoms with van der Waals surface area (Å²) < 4.78 is 0. The molecule has 6 heteroatoms. The van der Waals surface area contributed by atoms with Crippen molar-refractivity contribution in [3.05, 3.63) is 34.9 Å². The van der Waals surface area contributed by atoms with Crippen molar-refractivity contribution in [2.75, 3.05) is 0 Å². The second kappa shape index (κ2) is 5.48. The van der Waals surface area contributed by atoms with Gasteiger partial charge < -0.3 is 15.7 Å². The fourth-order valence-electron chi connectivity index (χ4n) is 0.839. The molecule has 0 aliphatic carbocycles. The lowest BCUT2D eigenvalue weighted by atomic mass is 10.2. The molecule has 0 heterocycles. The molecule has 0 aliphatic rings. The third-order valence-corrected chi connectivity index (χ3v) is 1.96. The van der Waals surface area contributed by atoms with Gasteiger partial charge >= 0.3 is 5.97 Å². The molecule has 1 atom stereocenters. The minimum atomic E-state index is -0.966. The van der Waals surface area contributed by atoms with Crippen molar-refractivity contribution in [2.45, 2.75) is 13.0 Å². The number of aliphatic hydroxyl groups is 1. The summed E-state index contributed by atoms with van der Waals surface area (Å²) in [6.07, 6.45) is -0.966. The van der Waals surface area contributed by atoms with E-state index in [1.165, 1.54) is 19.1 Å². The topological polar surface area (TPSA) is 84.9 Å². The fourth-order valence-corrected chi connectivity index (χ4v) is 1.03. The van der Waals surface area contributed by atoms with Crippen molar-refractivity contribution in [1.82, 2.24) is 0 Å². The lowest BCUT2D eigenvalue weighted by Gasteiger charge is -2.02. The van der Waals surface area contributed by atoms with Crippen LogP contribution >= 0.6 is 11.6 Å². The van der Waals surface area contributed by atoms with Gasteiger partial charge in [-0.2, -0.15) is 0 Å². The molecular formula is C10H11ClN2O3. The van der Waals surface area contributed by atoms with Gasteiger partial charge in [0, 0.05) is 5.02 Å². The molecule has 0 saturated carbocycles. The van der Waals surface area contributed by atoms with Crippen LogP contribution < -0.4 is 5.73 Å². The largest absolute Gasteiger partial charge is 0.385 e. The maximum atomic E-state index is 11.4. The fraction of sp³-hybridized carbons (Fsp3) is 0.200. The molecule has 0 saturated heterocycles. The second-order valence-electron chi connectivity index (χ2n) is 3.08. The van der Waals surface area contributed by atoms with E-state index >= 15 is 0 Å². The van der Waals surface area contributed by atoms with Gasteiger partial charge in [0.2, 0.25) is 0 Å². The minimum absolute atomic E-state index is 0.171. The Kier molecular flexibility index (Phi) is 4.28. The number of carbonyl (C=O) groups excluding carboxylic acids is 1. The highest BCUT2D eigenvalue weighted by molar-refractivity contribution is 6.30. The van der Waals surface area contributed by atoms with Crippen LogP contribution in [0.2, 0.25) is 5.02 Å². The third kappa shape index (κ3) is 3.52. The summed E-state index contributed by atoms with van der Waals surface area (Å²) in [7, 11) is 0. The SMILES string of the molecule is CC(O)/C(N)=N/OC(=O)c1cccc(Cl)c1. The van der Waals surface area contributed by atoms with Crippen LogP contribution in [0.3, 0.4) is 0 Å². The van der Waals surface area contributed by atoms with Gasteiger partial charge in [-0.25, -0.2) is 4.79 Å². The lowest BCUT2D eigenvalue weighted by Crippen LogP contribution is -2.26. The molecule has 3 N–H and O–H groups in total. The van der Waals surface area contributed by atoms with E-state index < -0.39 is 12.1 Å². The molecule has 0 aromatic heterocycles. The van der Waals surface area contributed by atoms with Crippen molar-refractivity contribution in [3.63, 3.8) is 0 Å². The third-order valence-electron chi connectivity index (χ3n) is 1.72. The number of aliphatic hydroxyl groups excluding tert-OH is 1. The number of hydrogen-bond acceptors (Lipinski definition) is 4. The molecule has 1 rings (SSSR count). The Bertz CT molecular complexity index is 418. The molecule has 16 heavy (non-hydrogen) atoms. The van der Waals surface area contributed by atoms with Crippen LogP contribution in [0.25, 0.3) is 0 Å². The van der Waals surface area contributed by atoms with Gasteiger partial charge in [-0.1, -0.05) is 22.8 Å². The monoisotopic (exact) mass is 242 g/mol. The molecule has 0 radical (unpaired) electrons. The summed E-state index contributed by atoms with van der Waals surface area (Å²) in [5, 5.41) is 12.7. The molecule has 0 aliphatic heterocycles. The maximum Gasteiger partial charge on any atom is 0.365 e. The first kappa shape index (κ1) is 12.5. The van der Waals surface area contributed by atoms with Gasteiger partial charge in [0.15, 0.2) is 5.84 Å². The number of carbonyl (C=O) groups is 1. The van der Waals surface area contributed by atoms with Crippen LogP contribution in [0, 0.1) is 0 Å². The Hall–Kier alpha value is -1.59. The molecule has 0 fully saturated rings. The first-order valence-electron chi connectivity index (χ1n) is 4.49. The molecule has 1 aromatic carbocycles. The summed E-state index contributed by atoms with van der Waals surface area (Å²) >= 11 is 5.69. The first-order valence-corrected chi connectivity index (χ1v) is 4.87. The summed E-state index contributed by atoms with van der Waals surface area (Å²) in [5.41, 5.74) is 5.53. The molecule has 0 amide bonds. The summed E-state index contributed by atoms with van der Waals surface area (Å²) in [6.45, 7) is 1.41. The maximum absolute atomic E-state index is 11.4. The molecule has 86 valence electrons. The quantitative estimate of drug-likeness (QED) is 0.360. The number of nitrogens with zero attached hydrogens (tertiary/aromatic N) is 1. The molecule has 1 aromatic rings. The highest BCUT2D eigenvalue weighted by Gasteiger charge is 2.09. The van der Waals surface area contributed by atoms with Crippen LogP contribution in [0.1, 0.15) is 17.3 Å². The second-order valence-corrected chi connectivity index (χ2v) is 3.52. The standard InChI is InChI=1S/C10H11ClN2O3/c1-6(14)9(12)13-16-10(15)7-3-2-4-8(11)5-7/h2-6,14H,1H3,(H2,12,13). The number of rotatable bonds is 3. The predicted octanol–water partition coefficient (Wildman–Crippen LogP) is 1.15. The molecular weight excluding hydrogens is 232 g/mol. The molecule has 1 unspecified atom stereocenters. The molecule has 0 bridgehead atoms. The number of amidine groups is 1. The lowest BCUT2D eigenvalue weighted by molar-refractivity contribution is 0.0510. The molecule has 0 spiro atoms. The van der Waals surface area contributed by atoms with Crippen LogP contribution in [0.15, 0.2) is 29.4 Å². The Morgan fingerprint density at radius 3 is 2.88 bits per heavy atom. The van der Waals surface area contributed by atoms with E-state index in [4.69, 9.17) is 22.4 Å². The van der Waals surface area contributed by atoms with E-state index in [1.807, 2.05) is 0 Å². The zero-order valence-electron chi connectivity index (χ0n) is 8.55. The van der Waals surface area contributed by atoms with E-state index in [9.17, 15) is 4.79 Å². The van der Waals surface area contributed by atoms with Crippen LogP contribution in [0.4, 0.5) is 0 Å². The van der Waals surface area contributed by atoms with Crippen LogP contribution in [0.5, 0.6) is 0 Å². The van der Waals surface area contributed by atoms with Gasteiger partial charge in [-0.15, -0.1) is 0 Å². The van der Waals surface area contributed by atoms with Crippen molar-refractivity contribution in [2.24, 2.45) is 10.9 Å². The van der Waals surface area contributed by atoms with Crippen molar-refractivity contribution in [1.29, 1.82) is 0 Å².